The predicted molar refractivity (Wildman–Crippen MR) is 134 cm³/mol. The van der Waals surface area contributed by atoms with Gasteiger partial charge in [0.1, 0.15) is 0 Å². The van der Waals surface area contributed by atoms with Crippen molar-refractivity contribution in [1.29, 1.82) is 0 Å². The van der Waals surface area contributed by atoms with E-state index in [9.17, 15) is 9.59 Å². The molecule has 0 aliphatic heterocycles. The lowest BCUT2D eigenvalue weighted by Crippen LogP contribution is -2.17. The van der Waals surface area contributed by atoms with E-state index in [1.54, 1.807) is 46.6 Å². The Hall–Kier alpha value is -2.94. The first kappa shape index (κ1) is 22.3. The molecule has 0 aliphatic rings. The van der Waals surface area contributed by atoms with Gasteiger partial charge in [0.25, 0.3) is 5.91 Å². The molecule has 32 heavy (non-hydrogen) atoms. The number of thioether (sulfide) groups is 1. The number of benzene rings is 2. The minimum atomic E-state index is -0.225. The monoisotopic (exact) mass is 479 g/mol. The van der Waals surface area contributed by atoms with Gasteiger partial charge in [-0.1, -0.05) is 18.2 Å². The Balaban J connectivity index is 1.36. The van der Waals surface area contributed by atoms with Crippen molar-refractivity contribution in [1.82, 2.24) is 4.98 Å². The Morgan fingerprint density at radius 3 is 2.34 bits per heavy atom. The first-order valence-electron chi connectivity index (χ1n) is 9.93. The Kier molecular flexibility index (Phi) is 7.36. The largest absolute Gasteiger partial charge is 0.324 e. The summed E-state index contributed by atoms with van der Waals surface area (Å²) in [5.41, 5.74) is 2.76. The molecule has 162 valence electrons. The van der Waals surface area contributed by atoms with Crippen molar-refractivity contribution >= 4 is 57.6 Å². The third kappa shape index (κ3) is 6.06. The van der Waals surface area contributed by atoms with Crippen LogP contribution in [0.2, 0.25) is 0 Å². The highest BCUT2D eigenvalue weighted by Gasteiger charge is 2.12. The lowest BCUT2D eigenvalue weighted by atomic mass is 10.2. The van der Waals surface area contributed by atoms with E-state index < -0.39 is 0 Å². The van der Waals surface area contributed by atoms with Gasteiger partial charge in [-0.2, -0.15) is 0 Å². The van der Waals surface area contributed by atoms with Gasteiger partial charge in [-0.05, 0) is 54.8 Å². The van der Waals surface area contributed by atoms with E-state index in [2.05, 4.69) is 21.0 Å². The molecular weight excluding hydrogens is 458 g/mol. The number of thiazole rings is 1. The molecule has 0 spiro atoms. The molecule has 0 bridgehead atoms. The molecule has 2 heterocycles. The predicted octanol–water partition coefficient (Wildman–Crippen LogP) is 6.24. The summed E-state index contributed by atoms with van der Waals surface area (Å²) in [4.78, 5) is 31.7. The number of aromatic nitrogens is 1. The van der Waals surface area contributed by atoms with Crippen molar-refractivity contribution in [2.24, 2.45) is 0 Å². The third-order valence-electron chi connectivity index (χ3n) is 4.53. The fourth-order valence-corrected chi connectivity index (χ4v) is 5.21. The lowest BCUT2D eigenvalue weighted by molar-refractivity contribution is -0.115. The molecular formula is C24H21N3O2S3. The van der Waals surface area contributed by atoms with E-state index in [1.807, 2.05) is 60.8 Å². The van der Waals surface area contributed by atoms with Gasteiger partial charge in [0.05, 0.1) is 28.5 Å². The number of nitrogens with one attached hydrogen (secondary N) is 2. The van der Waals surface area contributed by atoms with Crippen LogP contribution in [0.25, 0.3) is 0 Å². The molecule has 0 unspecified atom stereocenters. The van der Waals surface area contributed by atoms with Crippen LogP contribution >= 0.6 is 34.4 Å². The van der Waals surface area contributed by atoms with Gasteiger partial charge in [-0.15, -0.1) is 34.4 Å². The van der Waals surface area contributed by atoms with Gasteiger partial charge in [-0.25, -0.2) is 4.98 Å². The minimum Gasteiger partial charge on any atom is -0.324 e. The molecule has 0 aliphatic carbocycles. The second kappa shape index (κ2) is 10.6. The van der Waals surface area contributed by atoms with Gasteiger partial charge in [0, 0.05) is 26.5 Å². The lowest BCUT2D eigenvalue weighted by Gasteiger charge is -2.12. The minimum absolute atomic E-state index is 0.120. The zero-order chi connectivity index (χ0) is 22.3. The van der Waals surface area contributed by atoms with Crippen LogP contribution < -0.4 is 10.6 Å². The van der Waals surface area contributed by atoms with E-state index in [0.717, 1.165) is 26.2 Å². The fourth-order valence-electron chi connectivity index (χ4n) is 3.00. The van der Waals surface area contributed by atoms with Gasteiger partial charge >= 0.3 is 0 Å². The average Bonchev–Trinajstić information content (AvgIpc) is 3.45. The third-order valence-corrected chi connectivity index (χ3v) is 7.28. The molecule has 4 rings (SSSR count). The normalized spacial score (nSPS) is 10.7. The van der Waals surface area contributed by atoms with E-state index in [4.69, 9.17) is 0 Å². The number of carbonyl (C=O) groups excluding carboxylic acids is 2. The molecule has 2 aromatic heterocycles. The highest BCUT2D eigenvalue weighted by atomic mass is 32.2. The van der Waals surface area contributed by atoms with Crippen LogP contribution in [-0.4, -0.2) is 16.8 Å². The summed E-state index contributed by atoms with van der Waals surface area (Å²) in [6.45, 7) is 2.00. The Morgan fingerprint density at radius 2 is 1.69 bits per heavy atom. The molecule has 0 fully saturated rings. The summed E-state index contributed by atoms with van der Waals surface area (Å²) in [7, 11) is 0. The average molecular weight is 480 g/mol. The molecule has 2 amide bonds. The number of rotatable bonds is 8. The van der Waals surface area contributed by atoms with Gasteiger partial charge in [-0.3, -0.25) is 9.59 Å². The number of thiophene rings is 1. The highest BCUT2D eigenvalue weighted by molar-refractivity contribution is 7.98. The van der Waals surface area contributed by atoms with Crippen LogP contribution in [0.4, 0.5) is 11.4 Å². The molecule has 0 atom stereocenters. The molecule has 8 heteroatoms. The number of anilines is 2. The number of amides is 2. The fraction of sp³-hybridized carbons (Fsp3) is 0.125. The van der Waals surface area contributed by atoms with Crippen molar-refractivity contribution in [2.75, 3.05) is 10.6 Å². The zero-order valence-electron chi connectivity index (χ0n) is 17.3. The van der Waals surface area contributed by atoms with Crippen LogP contribution in [0, 0.1) is 6.92 Å². The molecule has 0 radical (unpaired) electrons. The van der Waals surface area contributed by atoms with E-state index in [-0.39, 0.29) is 11.8 Å². The van der Waals surface area contributed by atoms with Gasteiger partial charge in [0.2, 0.25) is 5.91 Å². The summed E-state index contributed by atoms with van der Waals surface area (Å²) in [5, 5.41) is 10.9. The van der Waals surface area contributed by atoms with Crippen molar-refractivity contribution in [3.63, 3.8) is 0 Å². The summed E-state index contributed by atoms with van der Waals surface area (Å²) in [6, 6.07) is 18.5. The van der Waals surface area contributed by atoms with E-state index in [0.29, 0.717) is 23.4 Å². The number of hydrogen-bond donors (Lipinski definition) is 2. The van der Waals surface area contributed by atoms with Crippen molar-refractivity contribution in [2.45, 2.75) is 24.0 Å². The number of aryl methyl sites for hydroxylation is 1. The number of para-hydroxylation sites is 2. The van der Waals surface area contributed by atoms with Crippen LogP contribution in [0.15, 0.2) is 76.3 Å². The smallest absolute Gasteiger partial charge is 0.255 e. The first-order chi connectivity index (χ1) is 15.6. The van der Waals surface area contributed by atoms with Crippen molar-refractivity contribution < 1.29 is 9.59 Å². The van der Waals surface area contributed by atoms with E-state index >= 15 is 0 Å². The second-order valence-corrected chi connectivity index (χ2v) is 10.1. The second-order valence-electron chi connectivity index (χ2n) is 6.97. The summed E-state index contributed by atoms with van der Waals surface area (Å²) < 4.78 is 0. The summed E-state index contributed by atoms with van der Waals surface area (Å²) in [6.07, 6.45) is 0.305. The maximum Gasteiger partial charge on any atom is 0.255 e. The maximum atomic E-state index is 12.8. The van der Waals surface area contributed by atoms with E-state index in [1.165, 1.54) is 0 Å². The van der Waals surface area contributed by atoms with Gasteiger partial charge < -0.3 is 10.6 Å². The summed E-state index contributed by atoms with van der Waals surface area (Å²) in [5.74, 6) is 0.455. The Morgan fingerprint density at radius 1 is 0.938 bits per heavy atom. The van der Waals surface area contributed by atoms with Crippen LogP contribution in [0.5, 0.6) is 0 Å². The van der Waals surface area contributed by atoms with Crippen molar-refractivity contribution in [3.8, 4) is 0 Å². The summed E-state index contributed by atoms with van der Waals surface area (Å²) >= 11 is 4.88. The molecule has 0 saturated heterocycles. The molecule has 2 N–H and O–H groups in total. The topological polar surface area (TPSA) is 71.1 Å². The Labute approximate surface area is 198 Å². The van der Waals surface area contributed by atoms with Crippen LogP contribution in [0.3, 0.4) is 0 Å². The SMILES string of the molecule is Cc1nc(CSc2ccc(C(=O)Nc3ccccc3NC(=O)Cc3cccs3)cc2)cs1. The first-order valence-corrected chi connectivity index (χ1v) is 12.7. The zero-order valence-corrected chi connectivity index (χ0v) is 19.8. The quantitative estimate of drug-likeness (QED) is 0.294. The number of nitrogens with zero attached hydrogens (tertiary/aromatic N) is 1. The molecule has 2 aromatic carbocycles. The number of hydrogen-bond acceptors (Lipinski definition) is 6. The van der Waals surface area contributed by atoms with Gasteiger partial charge in [0.15, 0.2) is 0 Å². The van der Waals surface area contributed by atoms with Crippen molar-refractivity contribution in [3.05, 3.63) is 92.6 Å². The van der Waals surface area contributed by atoms with Crippen LogP contribution in [-0.2, 0) is 17.0 Å². The standard InChI is InChI=1S/C24H21N3O2S3/c1-16-25-18(14-31-16)15-32-19-10-8-17(9-11-19)24(29)27-22-7-3-2-6-21(22)26-23(28)13-20-5-4-12-30-20/h2-12,14H,13,15H2,1H3,(H,26,28)(H,27,29). The maximum absolute atomic E-state index is 12.8. The highest BCUT2D eigenvalue weighted by Crippen LogP contribution is 2.25. The molecule has 0 saturated carbocycles. The van der Waals surface area contributed by atoms with Crippen LogP contribution in [0.1, 0.15) is 25.9 Å². The number of carbonyl (C=O) groups is 2. The molecule has 5 nitrogen and oxygen atoms in total. The Bertz CT molecular complexity index is 1200. The molecule has 4 aromatic rings.